The second kappa shape index (κ2) is 8.08. The number of nitrogens with one attached hydrogen (secondary N) is 1. The van der Waals surface area contributed by atoms with Gasteiger partial charge in [-0.25, -0.2) is 0 Å². The third-order valence-electron chi connectivity index (χ3n) is 2.92. The van der Waals surface area contributed by atoms with Crippen LogP contribution in [0.4, 0.5) is 5.69 Å². The molecule has 0 amide bonds. The first-order valence-electron chi connectivity index (χ1n) is 6.31. The summed E-state index contributed by atoms with van der Waals surface area (Å²) >= 11 is 0. The fraction of sp³-hybridized carbons (Fsp3) is 0.571. The van der Waals surface area contributed by atoms with Crippen molar-refractivity contribution in [2.75, 3.05) is 45.4 Å². The molecule has 4 nitrogen and oxygen atoms in total. The molecule has 0 aliphatic carbocycles. The van der Waals surface area contributed by atoms with Gasteiger partial charge in [0.15, 0.2) is 0 Å². The zero-order valence-electron chi connectivity index (χ0n) is 11.6. The monoisotopic (exact) mass is 252 g/mol. The maximum atomic E-state index is 9.13. The molecular formula is C14H24N2O2. The van der Waals surface area contributed by atoms with Gasteiger partial charge in [0, 0.05) is 32.4 Å². The lowest BCUT2D eigenvalue weighted by atomic mass is 10.1. The zero-order chi connectivity index (χ0) is 13.4. The molecule has 1 aromatic rings. The normalized spacial score (nSPS) is 10.7. The summed E-state index contributed by atoms with van der Waals surface area (Å²) in [4.78, 5) is 2.15. The molecular weight excluding hydrogens is 228 g/mol. The van der Waals surface area contributed by atoms with Gasteiger partial charge in [-0.15, -0.1) is 0 Å². The fourth-order valence-corrected chi connectivity index (χ4v) is 2.06. The molecule has 2 N–H and O–H groups in total. The molecule has 1 rings (SSSR count). The van der Waals surface area contributed by atoms with Gasteiger partial charge in [-0.05, 0) is 31.2 Å². The van der Waals surface area contributed by atoms with Crippen molar-refractivity contribution in [1.29, 1.82) is 0 Å². The third-order valence-corrected chi connectivity index (χ3v) is 2.92. The highest BCUT2D eigenvalue weighted by atomic mass is 16.5. The Morgan fingerprint density at radius 3 is 2.67 bits per heavy atom. The second-order valence-corrected chi connectivity index (χ2v) is 4.35. The molecule has 4 heteroatoms. The largest absolute Gasteiger partial charge is 0.395 e. The molecule has 0 aliphatic heterocycles. The van der Waals surface area contributed by atoms with Crippen molar-refractivity contribution >= 4 is 5.69 Å². The van der Waals surface area contributed by atoms with Gasteiger partial charge in [-0.2, -0.15) is 0 Å². The van der Waals surface area contributed by atoms with Crippen molar-refractivity contribution in [3.05, 3.63) is 29.3 Å². The Hall–Kier alpha value is -1.10. The van der Waals surface area contributed by atoms with Crippen molar-refractivity contribution < 1.29 is 9.84 Å². The third kappa shape index (κ3) is 4.29. The van der Waals surface area contributed by atoms with Crippen LogP contribution in [0.25, 0.3) is 0 Å². The molecule has 0 unspecified atom stereocenters. The molecule has 18 heavy (non-hydrogen) atoms. The SMILES string of the molecule is CNCc1ccc(N(CCO)CCOC)c(C)c1. The first-order valence-corrected chi connectivity index (χ1v) is 6.31. The number of hydrogen-bond donors (Lipinski definition) is 2. The second-order valence-electron chi connectivity index (χ2n) is 4.35. The van der Waals surface area contributed by atoms with Crippen LogP contribution in [-0.4, -0.2) is 45.6 Å². The Labute approximate surface area is 110 Å². The van der Waals surface area contributed by atoms with E-state index < -0.39 is 0 Å². The van der Waals surface area contributed by atoms with Crippen molar-refractivity contribution in [3.63, 3.8) is 0 Å². The van der Waals surface area contributed by atoms with Crippen LogP contribution in [0.5, 0.6) is 0 Å². The predicted octanol–water partition coefficient (Wildman–Crippen LogP) is 1.16. The van der Waals surface area contributed by atoms with E-state index in [-0.39, 0.29) is 6.61 Å². The van der Waals surface area contributed by atoms with Gasteiger partial charge < -0.3 is 20.1 Å². The smallest absolute Gasteiger partial charge is 0.0637 e. The van der Waals surface area contributed by atoms with Crippen molar-refractivity contribution in [3.8, 4) is 0 Å². The van der Waals surface area contributed by atoms with E-state index >= 15 is 0 Å². The van der Waals surface area contributed by atoms with E-state index in [4.69, 9.17) is 9.84 Å². The molecule has 0 spiro atoms. The number of aliphatic hydroxyl groups is 1. The molecule has 102 valence electrons. The van der Waals surface area contributed by atoms with Crippen LogP contribution in [-0.2, 0) is 11.3 Å². The van der Waals surface area contributed by atoms with Gasteiger partial charge in [-0.3, -0.25) is 0 Å². The highest BCUT2D eigenvalue weighted by Gasteiger charge is 2.09. The van der Waals surface area contributed by atoms with Gasteiger partial charge in [-0.1, -0.05) is 12.1 Å². The molecule has 0 aliphatic rings. The van der Waals surface area contributed by atoms with E-state index in [0.29, 0.717) is 13.2 Å². The summed E-state index contributed by atoms with van der Waals surface area (Å²) in [6.07, 6.45) is 0. The van der Waals surface area contributed by atoms with E-state index in [9.17, 15) is 0 Å². The molecule has 1 aromatic carbocycles. The standard InChI is InChI=1S/C14H24N2O2/c1-12-10-13(11-15-2)4-5-14(12)16(6-8-17)7-9-18-3/h4-5,10,15,17H,6-9,11H2,1-3H3. The number of ether oxygens (including phenoxy) is 1. The molecule has 0 atom stereocenters. The van der Waals surface area contributed by atoms with E-state index in [1.54, 1.807) is 7.11 Å². The predicted molar refractivity (Wildman–Crippen MR) is 75.1 cm³/mol. The molecule has 0 saturated heterocycles. The Bertz CT molecular complexity index is 356. The quantitative estimate of drug-likeness (QED) is 0.729. The van der Waals surface area contributed by atoms with Gasteiger partial charge in [0.2, 0.25) is 0 Å². The molecule has 0 heterocycles. The average Bonchev–Trinajstić information content (AvgIpc) is 2.35. The van der Waals surface area contributed by atoms with Crippen LogP contribution >= 0.6 is 0 Å². The Kier molecular flexibility index (Phi) is 6.72. The Balaban J connectivity index is 2.83. The number of methoxy groups -OCH3 is 1. The fourth-order valence-electron chi connectivity index (χ4n) is 2.06. The lowest BCUT2D eigenvalue weighted by molar-refractivity contribution is 0.203. The number of benzene rings is 1. The molecule has 0 fully saturated rings. The summed E-state index contributed by atoms with van der Waals surface area (Å²) < 4.78 is 5.11. The van der Waals surface area contributed by atoms with E-state index in [0.717, 1.165) is 13.1 Å². The number of anilines is 1. The summed E-state index contributed by atoms with van der Waals surface area (Å²) in [5.74, 6) is 0. The first kappa shape index (κ1) is 15.0. The number of nitrogens with zero attached hydrogens (tertiary/aromatic N) is 1. The number of aliphatic hydroxyl groups excluding tert-OH is 1. The van der Waals surface area contributed by atoms with E-state index in [2.05, 4.69) is 35.3 Å². The lowest BCUT2D eigenvalue weighted by Gasteiger charge is -2.25. The minimum Gasteiger partial charge on any atom is -0.395 e. The van der Waals surface area contributed by atoms with Gasteiger partial charge in [0.1, 0.15) is 0 Å². The van der Waals surface area contributed by atoms with Crippen LogP contribution < -0.4 is 10.2 Å². The van der Waals surface area contributed by atoms with E-state index in [1.165, 1.54) is 16.8 Å². The topological polar surface area (TPSA) is 44.7 Å². The van der Waals surface area contributed by atoms with Crippen LogP contribution in [0.15, 0.2) is 18.2 Å². The minimum absolute atomic E-state index is 0.154. The van der Waals surface area contributed by atoms with Gasteiger partial charge in [0.25, 0.3) is 0 Å². The lowest BCUT2D eigenvalue weighted by Crippen LogP contribution is -2.30. The summed E-state index contributed by atoms with van der Waals surface area (Å²) in [6.45, 7) is 5.23. The molecule has 0 saturated carbocycles. The molecule has 0 aromatic heterocycles. The van der Waals surface area contributed by atoms with E-state index in [1.807, 2.05) is 7.05 Å². The molecule has 0 radical (unpaired) electrons. The highest BCUT2D eigenvalue weighted by molar-refractivity contribution is 5.54. The summed E-state index contributed by atoms with van der Waals surface area (Å²) in [5, 5.41) is 12.3. The van der Waals surface area contributed by atoms with Crippen molar-refractivity contribution in [2.24, 2.45) is 0 Å². The Morgan fingerprint density at radius 2 is 2.11 bits per heavy atom. The van der Waals surface area contributed by atoms with Gasteiger partial charge in [0.05, 0.1) is 13.2 Å². The van der Waals surface area contributed by atoms with Gasteiger partial charge >= 0.3 is 0 Å². The van der Waals surface area contributed by atoms with Crippen molar-refractivity contribution in [1.82, 2.24) is 5.32 Å². The Morgan fingerprint density at radius 1 is 1.33 bits per heavy atom. The summed E-state index contributed by atoms with van der Waals surface area (Å²) in [7, 11) is 3.64. The number of aryl methyl sites for hydroxylation is 1. The van der Waals surface area contributed by atoms with Crippen LogP contribution in [0.1, 0.15) is 11.1 Å². The zero-order valence-corrected chi connectivity index (χ0v) is 11.6. The maximum Gasteiger partial charge on any atom is 0.0637 e. The number of hydrogen-bond acceptors (Lipinski definition) is 4. The highest BCUT2D eigenvalue weighted by Crippen LogP contribution is 2.21. The summed E-state index contributed by atoms with van der Waals surface area (Å²) in [5.41, 5.74) is 3.67. The number of rotatable bonds is 8. The summed E-state index contributed by atoms with van der Waals surface area (Å²) in [6, 6.07) is 6.42. The minimum atomic E-state index is 0.154. The van der Waals surface area contributed by atoms with Crippen LogP contribution in [0, 0.1) is 6.92 Å². The molecule has 0 bridgehead atoms. The van der Waals surface area contributed by atoms with Crippen LogP contribution in [0.3, 0.4) is 0 Å². The maximum absolute atomic E-state index is 9.13. The van der Waals surface area contributed by atoms with Crippen molar-refractivity contribution in [2.45, 2.75) is 13.5 Å². The average molecular weight is 252 g/mol. The first-order chi connectivity index (χ1) is 8.72. The van der Waals surface area contributed by atoms with Crippen LogP contribution in [0.2, 0.25) is 0 Å².